The number of methoxy groups -OCH3 is 1. The number of carbonyl (C=O) groups excluding carboxylic acids is 1. The van der Waals surface area contributed by atoms with Gasteiger partial charge in [0, 0.05) is 11.8 Å². The van der Waals surface area contributed by atoms with Gasteiger partial charge in [-0.2, -0.15) is 0 Å². The van der Waals surface area contributed by atoms with Crippen molar-refractivity contribution in [2.45, 2.75) is 20.3 Å². The van der Waals surface area contributed by atoms with Crippen molar-refractivity contribution >= 4 is 17.3 Å². The Kier molecular flexibility index (Phi) is 7.31. The number of carbonyl (C=O) groups is 1. The molecular weight excluding hydrogens is 414 g/mol. The minimum absolute atomic E-state index is 0.0897. The summed E-state index contributed by atoms with van der Waals surface area (Å²) in [5, 5.41) is 11.2. The number of hydrogen-bond donors (Lipinski definition) is 1. The highest BCUT2D eigenvalue weighted by atomic mass is 32.1. The van der Waals surface area contributed by atoms with Crippen molar-refractivity contribution in [2.75, 3.05) is 20.3 Å². The summed E-state index contributed by atoms with van der Waals surface area (Å²) >= 11 is 1.48. The molecule has 1 heterocycles. The second kappa shape index (κ2) is 10.1. The van der Waals surface area contributed by atoms with E-state index in [0.717, 1.165) is 21.0 Å². The van der Waals surface area contributed by atoms with Crippen LogP contribution in [0.25, 0.3) is 21.0 Å². The molecule has 0 spiro atoms. The van der Waals surface area contributed by atoms with E-state index in [1.807, 2.05) is 38.1 Å². The largest absolute Gasteiger partial charge is 0.507 e. The lowest BCUT2D eigenvalue weighted by Gasteiger charge is -2.11. The average molecular weight is 440 g/mol. The van der Waals surface area contributed by atoms with Gasteiger partial charge >= 0.3 is 5.97 Å². The topological polar surface area (TPSA) is 77.9 Å². The SMILES string of the molecule is C=CCc1cc(-c2cnc(-c3ccc(OCC)c(OCC)c3)s2)cc(C(=O)OC)c1O. The highest BCUT2D eigenvalue weighted by molar-refractivity contribution is 7.18. The Labute approximate surface area is 185 Å². The third-order valence-corrected chi connectivity index (χ3v) is 5.63. The first-order valence-corrected chi connectivity index (χ1v) is 10.7. The van der Waals surface area contributed by atoms with E-state index in [4.69, 9.17) is 14.2 Å². The third kappa shape index (κ3) is 4.88. The molecule has 1 N–H and O–H groups in total. The maximum atomic E-state index is 12.1. The molecule has 0 saturated heterocycles. The van der Waals surface area contributed by atoms with Crippen LogP contribution in [0, 0.1) is 0 Å². The van der Waals surface area contributed by atoms with Gasteiger partial charge in [0.25, 0.3) is 0 Å². The van der Waals surface area contributed by atoms with E-state index in [1.54, 1.807) is 18.3 Å². The first-order valence-electron chi connectivity index (χ1n) is 9.93. The van der Waals surface area contributed by atoms with Crippen molar-refractivity contribution in [1.82, 2.24) is 4.98 Å². The number of allylic oxidation sites excluding steroid dienone is 1. The molecule has 0 saturated carbocycles. The van der Waals surface area contributed by atoms with Gasteiger partial charge < -0.3 is 19.3 Å². The molecule has 0 radical (unpaired) electrons. The van der Waals surface area contributed by atoms with Crippen molar-refractivity contribution < 1.29 is 24.1 Å². The second-order valence-corrected chi connectivity index (χ2v) is 7.60. The van der Waals surface area contributed by atoms with Crippen molar-refractivity contribution in [3.8, 4) is 38.3 Å². The van der Waals surface area contributed by atoms with Crippen LogP contribution >= 0.6 is 11.3 Å². The van der Waals surface area contributed by atoms with Gasteiger partial charge in [0.2, 0.25) is 0 Å². The summed E-state index contributed by atoms with van der Waals surface area (Å²) in [6.07, 6.45) is 3.85. The molecule has 3 rings (SSSR count). The molecule has 0 aliphatic rings. The standard InChI is InChI=1S/C24H25NO5S/c1-5-8-15-11-17(12-18(22(15)26)24(27)28-4)21-14-25-23(31-21)16-9-10-19(29-6-2)20(13-16)30-7-3/h5,9-14,26H,1,6-8H2,2-4H3. The molecule has 2 aromatic carbocycles. The number of aromatic hydroxyl groups is 1. The van der Waals surface area contributed by atoms with E-state index < -0.39 is 5.97 Å². The zero-order valence-corrected chi connectivity index (χ0v) is 18.6. The molecule has 3 aromatic rings. The zero-order chi connectivity index (χ0) is 22.4. The van der Waals surface area contributed by atoms with E-state index in [2.05, 4.69) is 11.6 Å². The number of phenols is 1. The Bertz CT molecular complexity index is 1090. The van der Waals surface area contributed by atoms with E-state index in [9.17, 15) is 9.90 Å². The Hall–Kier alpha value is -3.32. The van der Waals surface area contributed by atoms with Gasteiger partial charge in [-0.05, 0) is 61.7 Å². The van der Waals surface area contributed by atoms with Crippen LogP contribution in [0.15, 0.2) is 49.2 Å². The van der Waals surface area contributed by atoms with Crippen LogP contribution in [-0.2, 0) is 11.2 Å². The number of ether oxygens (including phenoxy) is 3. The summed E-state index contributed by atoms with van der Waals surface area (Å²) < 4.78 is 16.2. The zero-order valence-electron chi connectivity index (χ0n) is 17.8. The lowest BCUT2D eigenvalue weighted by molar-refractivity contribution is 0.0597. The molecule has 0 unspecified atom stereocenters. The van der Waals surface area contributed by atoms with Crippen LogP contribution in [0.1, 0.15) is 29.8 Å². The first-order chi connectivity index (χ1) is 15.0. The Morgan fingerprint density at radius 3 is 2.55 bits per heavy atom. The highest BCUT2D eigenvalue weighted by Crippen LogP contribution is 2.38. The number of rotatable bonds is 9. The lowest BCUT2D eigenvalue weighted by atomic mass is 10.0. The number of hydrogen-bond acceptors (Lipinski definition) is 7. The highest BCUT2D eigenvalue weighted by Gasteiger charge is 2.19. The van der Waals surface area contributed by atoms with Gasteiger partial charge in [0.05, 0.1) is 25.2 Å². The molecular formula is C24H25NO5S. The maximum absolute atomic E-state index is 12.1. The quantitative estimate of drug-likeness (QED) is 0.351. The fourth-order valence-corrected chi connectivity index (χ4v) is 4.04. The number of nitrogens with zero attached hydrogens (tertiary/aromatic N) is 1. The summed E-state index contributed by atoms with van der Waals surface area (Å²) in [5.74, 6) is 0.681. The van der Waals surface area contributed by atoms with E-state index >= 15 is 0 Å². The predicted octanol–water partition coefficient (Wildman–Crippen LogP) is 5.50. The third-order valence-electron chi connectivity index (χ3n) is 4.54. The number of aromatic nitrogens is 1. The van der Waals surface area contributed by atoms with Crippen molar-refractivity contribution in [1.29, 1.82) is 0 Å². The fraction of sp³-hybridized carbons (Fsp3) is 0.250. The molecule has 6 nitrogen and oxygen atoms in total. The molecule has 0 fully saturated rings. The van der Waals surface area contributed by atoms with Crippen LogP contribution in [0.5, 0.6) is 17.2 Å². The normalized spacial score (nSPS) is 10.5. The first kappa shape index (κ1) is 22.4. The molecule has 1 aromatic heterocycles. The summed E-state index contributed by atoms with van der Waals surface area (Å²) in [6.45, 7) is 8.66. The Balaban J connectivity index is 2.02. The number of thiazole rings is 1. The van der Waals surface area contributed by atoms with Gasteiger partial charge in [-0.15, -0.1) is 17.9 Å². The van der Waals surface area contributed by atoms with Crippen LogP contribution in [0.3, 0.4) is 0 Å². The average Bonchev–Trinajstić information content (AvgIpc) is 3.26. The molecule has 7 heteroatoms. The van der Waals surface area contributed by atoms with E-state index in [-0.39, 0.29) is 11.3 Å². The molecule has 0 amide bonds. The van der Waals surface area contributed by atoms with E-state index in [1.165, 1.54) is 18.4 Å². The summed E-state index contributed by atoms with van der Waals surface area (Å²) in [6, 6.07) is 9.19. The minimum atomic E-state index is -0.595. The van der Waals surface area contributed by atoms with Gasteiger partial charge in [-0.25, -0.2) is 9.78 Å². The number of benzene rings is 2. The molecule has 0 bridgehead atoms. The molecule has 0 aliphatic carbocycles. The smallest absolute Gasteiger partial charge is 0.341 e. The van der Waals surface area contributed by atoms with Gasteiger partial charge in [0.15, 0.2) is 11.5 Å². The summed E-state index contributed by atoms with van der Waals surface area (Å²) in [4.78, 5) is 17.6. The van der Waals surface area contributed by atoms with Crippen LogP contribution in [0.2, 0.25) is 0 Å². The number of phenolic OH excluding ortho intramolecular Hbond substituents is 1. The minimum Gasteiger partial charge on any atom is -0.507 e. The molecule has 31 heavy (non-hydrogen) atoms. The Morgan fingerprint density at radius 1 is 1.13 bits per heavy atom. The van der Waals surface area contributed by atoms with Crippen molar-refractivity contribution in [3.63, 3.8) is 0 Å². The van der Waals surface area contributed by atoms with Crippen molar-refractivity contribution in [2.24, 2.45) is 0 Å². The summed E-state index contributed by atoms with van der Waals surface area (Å²) in [5.41, 5.74) is 2.39. The Morgan fingerprint density at radius 2 is 1.87 bits per heavy atom. The predicted molar refractivity (Wildman–Crippen MR) is 122 cm³/mol. The monoisotopic (exact) mass is 439 g/mol. The van der Waals surface area contributed by atoms with Gasteiger partial charge in [-0.3, -0.25) is 0 Å². The van der Waals surface area contributed by atoms with Crippen LogP contribution in [0.4, 0.5) is 0 Å². The van der Waals surface area contributed by atoms with Crippen LogP contribution in [-0.4, -0.2) is 36.4 Å². The maximum Gasteiger partial charge on any atom is 0.341 e. The van der Waals surface area contributed by atoms with Gasteiger partial charge in [-0.1, -0.05) is 6.08 Å². The van der Waals surface area contributed by atoms with Gasteiger partial charge in [0.1, 0.15) is 16.3 Å². The lowest BCUT2D eigenvalue weighted by Crippen LogP contribution is -2.03. The molecule has 0 aliphatic heterocycles. The van der Waals surface area contributed by atoms with Crippen molar-refractivity contribution in [3.05, 3.63) is 60.3 Å². The number of esters is 1. The fourth-order valence-electron chi connectivity index (χ4n) is 3.14. The van der Waals surface area contributed by atoms with Crippen LogP contribution < -0.4 is 9.47 Å². The second-order valence-electron chi connectivity index (χ2n) is 6.57. The van der Waals surface area contributed by atoms with E-state index in [0.29, 0.717) is 36.7 Å². The molecule has 0 atom stereocenters. The molecule has 162 valence electrons. The summed E-state index contributed by atoms with van der Waals surface area (Å²) in [7, 11) is 1.29.